The summed E-state index contributed by atoms with van der Waals surface area (Å²) in [7, 11) is 0. The lowest BCUT2D eigenvalue weighted by molar-refractivity contribution is 0.112. The topological polar surface area (TPSA) is 17.1 Å². The van der Waals surface area contributed by atoms with Crippen molar-refractivity contribution >= 4 is 29.8 Å². The van der Waals surface area contributed by atoms with Crippen molar-refractivity contribution in [3.8, 4) is 0 Å². The summed E-state index contributed by atoms with van der Waals surface area (Å²) in [6.45, 7) is 0. The van der Waals surface area contributed by atoms with E-state index >= 15 is 0 Å². The molecule has 1 nitrogen and oxygen atoms in total. The van der Waals surface area contributed by atoms with E-state index in [0.717, 1.165) is 17.6 Å². The highest BCUT2D eigenvalue weighted by Crippen LogP contribution is 2.36. The molecule has 0 amide bonds. The third-order valence-corrected chi connectivity index (χ3v) is 4.22. The van der Waals surface area contributed by atoms with Crippen LogP contribution >= 0.6 is 23.5 Å². The first-order valence-electron chi connectivity index (χ1n) is 3.75. The number of hydrogen-bond donors (Lipinski definition) is 0. The molecule has 12 heavy (non-hydrogen) atoms. The second kappa shape index (κ2) is 3.54. The van der Waals surface area contributed by atoms with E-state index in [1.165, 1.54) is 15.5 Å². The van der Waals surface area contributed by atoms with Gasteiger partial charge < -0.3 is 0 Å². The van der Waals surface area contributed by atoms with Crippen molar-refractivity contribution in [2.45, 2.75) is 9.79 Å². The Bertz CT molecular complexity index is 309. The van der Waals surface area contributed by atoms with Gasteiger partial charge in [-0.15, -0.1) is 23.5 Å². The zero-order valence-electron chi connectivity index (χ0n) is 6.45. The molecule has 62 valence electrons. The fourth-order valence-corrected chi connectivity index (χ4v) is 3.39. The van der Waals surface area contributed by atoms with Crippen LogP contribution in [0.1, 0.15) is 10.4 Å². The van der Waals surface area contributed by atoms with Crippen LogP contribution in [0.4, 0.5) is 0 Å². The number of thioether (sulfide) groups is 2. The van der Waals surface area contributed by atoms with E-state index in [1.807, 2.05) is 41.7 Å². The molecule has 0 saturated heterocycles. The van der Waals surface area contributed by atoms with Crippen molar-refractivity contribution in [2.24, 2.45) is 0 Å². The molecule has 0 atom stereocenters. The lowest BCUT2D eigenvalue weighted by Crippen LogP contribution is -1.94. The quantitative estimate of drug-likeness (QED) is 0.643. The number of rotatable bonds is 1. The van der Waals surface area contributed by atoms with Crippen molar-refractivity contribution in [2.75, 3.05) is 11.5 Å². The largest absolute Gasteiger partial charge is 0.298 e. The van der Waals surface area contributed by atoms with E-state index in [1.54, 1.807) is 0 Å². The van der Waals surface area contributed by atoms with Gasteiger partial charge in [0.1, 0.15) is 6.29 Å². The van der Waals surface area contributed by atoms with Crippen LogP contribution in [-0.2, 0) is 0 Å². The van der Waals surface area contributed by atoms with Crippen molar-refractivity contribution < 1.29 is 4.79 Å². The number of carbonyl (C=O) groups is 1. The highest BCUT2D eigenvalue weighted by atomic mass is 32.2. The van der Waals surface area contributed by atoms with Gasteiger partial charge in [0.2, 0.25) is 0 Å². The van der Waals surface area contributed by atoms with Gasteiger partial charge in [0.15, 0.2) is 0 Å². The Balaban J connectivity index is 2.42. The Morgan fingerprint density at radius 1 is 1.17 bits per heavy atom. The molecule has 0 bridgehead atoms. The van der Waals surface area contributed by atoms with Gasteiger partial charge in [-0.3, -0.25) is 4.79 Å². The minimum Gasteiger partial charge on any atom is -0.298 e. The molecule has 0 unspecified atom stereocenters. The van der Waals surface area contributed by atoms with Crippen molar-refractivity contribution in [3.05, 3.63) is 23.8 Å². The van der Waals surface area contributed by atoms with Crippen LogP contribution in [0.2, 0.25) is 0 Å². The number of fused-ring (bicyclic) bond motifs is 1. The molecule has 0 aliphatic carbocycles. The van der Waals surface area contributed by atoms with Gasteiger partial charge in [0, 0.05) is 26.9 Å². The summed E-state index contributed by atoms with van der Waals surface area (Å²) in [5, 5.41) is 0. The van der Waals surface area contributed by atoms with Crippen LogP contribution in [0.25, 0.3) is 0 Å². The van der Waals surface area contributed by atoms with E-state index in [2.05, 4.69) is 0 Å². The monoisotopic (exact) mass is 196 g/mol. The van der Waals surface area contributed by atoms with Crippen LogP contribution in [0.15, 0.2) is 28.0 Å². The summed E-state index contributed by atoms with van der Waals surface area (Å²) < 4.78 is 0. The highest BCUT2D eigenvalue weighted by molar-refractivity contribution is 8.05. The molecule has 0 radical (unpaired) electrons. The average Bonchev–Trinajstić information content (AvgIpc) is 2.17. The van der Waals surface area contributed by atoms with Gasteiger partial charge in [-0.25, -0.2) is 0 Å². The Labute approximate surface area is 79.9 Å². The van der Waals surface area contributed by atoms with Crippen LogP contribution in [0, 0.1) is 0 Å². The summed E-state index contributed by atoms with van der Waals surface area (Å²) in [5.74, 6) is 2.33. The molecular formula is C9H8OS2. The Morgan fingerprint density at radius 3 is 2.67 bits per heavy atom. The summed E-state index contributed by atoms with van der Waals surface area (Å²) >= 11 is 3.71. The molecular weight excluding hydrogens is 188 g/mol. The van der Waals surface area contributed by atoms with Gasteiger partial charge in [-0.1, -0.05) is 6.07 Å². The zero-order valence-corrected chi connectivity index (χ0v) is 8.08. The Kier molecular flexibility index (Phi) is 2.42. The van der Waals surface area contributed by atoms with E-state index in [9.17, 15) is 4.79 Å². The lowest BCUT2D eigenvalue weighted by atomic mass is 10.2. The normalized spacial score (nSPS) is 15.3. The molecule has 1 heterocycles. The SMILES string of the molecule is O=Cc1ccc2c(c1)SCCS2. The average molecular weight is 196 g/mol. The number of aldehydes is 1. The predicted octanol–water partition coefficient (Wildman–Crippen LogP) is 2.70. The van der Waals surface area contributed by atoms with E-state index in [-0.39, 0.29) is 0 Å². The van der Waals surface area contributed by atoms with Gasteiger partial charge in [0.05, 0.1) is 0 Å². The Morgan fingerprint density at radius 2 is 1.92 bits per heavy atom. The van der Waals surface area contributed by atoms with Crippen LogP contribution in [0.3, 0.4) is 0 Å². The van der Waals surface area contributed by atoms with Gasteiger partial charge in [0.25, 0.3) is 0 Å². The fourth-order valence-electron chi connectivity index (χ4n) is 1.13. The molecule has 0 saturated carbocycles. The van der Waals surface area contributed by atoms with E-state index < -0.39 is 0 Å². The van der Waals surface area contributed by atoms with E-state index in [4.69, 9.17) is 0 Å². The first-order valence-corrected chi connectivity index (χ1v) is 5.72. The molecule has 0 aromatic heterocycles. The molecule has 1 aliphatic heterocycles. The van der Waals surface area contributed by atoms with Crippen LogP contribution < -0.4 is 0 Å². The van der Waals surface area contributed by atoms with Gasteiger partial charge in [-0.05, 0) is 12.1 Å². The van der Waals surface area contributed by atoms with Crippen molar-refractivity contribution in [1.29, 1.82) is 0 Å². The summed E-state index contributed by atoms with van der Waals surface area (Å²) in [4.78, 5) is 13.1. The first-order chi connectivity index (χ1) is 5.90. The minimum atomic E-state index is 0.781. The third-order valence-electron chi connectivity index (χ3n) is 1.70. The first kappa shape index (κ1) is 8.20. The van der Waals surface area contributed by atoms with E-state index in [0.29, 0.717) is 0 Å². The lowest BCUT2D eigenvalue weighted by Gasteiger charge is -2.13. The predicted molar refractivity (Wildman–Crippen MR) is 53.3 cm³/mol. The fraction of sp³-hybridized carbons (Fsp3) is 0.222. The highest BCUT2D eigenvalue weighted by Gasteiger charge is 2.09. The molecule has 0 spiro atoms. The van der Waals surface area contributed by atoms with Crippen LogP contribution in [0.5, 0.6) is 0 Å². The maximum Gasteiger partial charge on any atom is 0.150 e. The standard InChI is InChI=1S/C9H8OS2/c10-6-7-1-2-8-9(5-7)12-4-3-11-8/h1-2,5-6H,3-4H2. The van der Waals surface area contributed by atoms with Crippen LogP contribution in [-0.4, -0.2) is 17.8 Å². The van der Waals surface area contributed by atoms with Crippen molar-refractivity contribution in [1.82, 2.24) is 0 Å². The number of hydrogen-bond acceptors (Lipinski definition) is 3. The second-order valence-corrected chi connectivity index (χ2v) is 4.79. The maximum absolute atomic E-state index is 10.5. The minimum absolute atomic E-state index is 0.781. The molecule has 1 aromatic rings. The van der Waals surface area contributed by atoms with Crippen molar-refractivity contribution in [3.63, 3.8) is 0 Å². The molecule has 3 heteroatoms. The molecule has 0 fully saturated rings. The Hall–Kier alpha value is -0.410. The molecule has 2 rings (SSSR count). The second-order valence-electron chi connectivity index (χ2n) is 2.52. The summed E-state index contributed by atoms with van der Waals surface area (Å²) in [5.41, 5.74) is 0.781. The molecule has 0 N–H and O–H groups in total. The molecule has 1 aromatic carbocycles. The molecule has 1 aliphatic rings. The maximum atomic E-state index is 10.5. The number of benzene rings is 1. The van der Waals surface area contributed by atoms with Gasteiger partial charge >= 0.3 is 0 Å². The number of carbonyl (C=O) groups excluding carboxylic acids is 1. The van der Waals surface area contributed by atoms with Gasteiger partial charge in [-0.2, -0.15) is 0 Å². The summed E-state index contributed by atoms with van der Waals surface area (Å²) in [6.07, 6.45) is 0.903. The zero-order chi connectivity index (χ0) is 8.39. The smallest absolute Gasteiger partial charge is 0.150 e. The summed E-state index contributed by atoms with van der Waals surface area (Å²) in [6, 6.07) is 5.89. The third kappa shape index (κ3) is 1.52.